The SMILES string of the molecule is Cc1ccc(-c2noc(CN3CCN(C(=O)CC4COCCN4)CC3)n2)cc1. The highest BCUT2D eigenvalue weighted by Crippen LogP contribution is 2.17. The highest BCUT2D eigenvalue weighted by Gasteiger charge is 2.25. The number of morpholine rings is 1. The van der Waals surface area contributed by atoms with Crippen LogP contribution in [0.25, 0.3) is 11.4 Å². The summed E-state index contributed by atoms with van der Waals surface area (Å²) < 4.78 is 10.9. The summed E-state index contributed by atoms with van der Waals surface area (Å²) in [5.74, 6) is 1.42. The van der Waals surface area contributed by atoms with E-state index in [1.54, 1.807) is 0 Å². The van der Waals surface area contributed by atoms with Crippen molar-refractivity contribution in [3.8, 4) is 11.4 Å². The molecule has 3 heterocycles. The predicted octanol–water partition coefficient (Wildman–Crippen LogP) is 1.07. The predicted molar refractivity (Wildman–Crippen MR) is 104 cm³/mol. The Morgan fingerprint density at radius 1 is 1.21 bits per heavy atom. The van der Waals surface area contributed by atoms with Gasteiger partial charge in [-0.1, -0.05) is 35.0 Å². The molecule has 2 fully saturated rings. The van der Waals surface area contributed by atoms with Crippen molar-refractivity contribution in [3.05, 3.63) is 35.7 Å². The minimum atomic E-state index is 0.137. The number of ether oxygens (including phenoxy) is 1. The fourth-order valence-corrected chi connectivity index (χ4v) is 3.58. The number of hydrogen-bond acceptors (Lipinski definition) is 7. The van der Waals surface area contributed by atoms with Crippen LogP contribution in [0.4, 0.5) is 0 Å². The number of amides is 1. The number of aryl methyl sites for hydroxylation is 1. The molecule has 0 spiro atoms. The van der Waals surface area contributed by atoms with Crippen LogP contribution in [-0.2, 0) is 16.1 Å². The molecule has 0 aliphatic carbocycles. The Bertz CT molecular complexity index is 777. The number of carbonyl (C=O) groups excluding carboxylic acids is 1. The summed E-state index contributed by atoms with van der Waals surface area (Å²) in [6.45, 7) is 7.90. The minimum absolute atomic E-state index is 0.137. The number of rotatable bonds is 5. The van der Waals surface area contributed by atoms with Crippen molar-refractivity contribution in [2.75, 3.05) is 45.9 Å². The molecule has 1 aromatic heterocycles. The molecule has 150 valence electrons. The summed E-state index contributed by atoms with van der Waals surface area (Å²) >= 11 is 0. The summed E-state index contributed by atoms with van der Waals surface area (Å²) in [5, 5.41) is 7.43. The van der Waals surface area contributed by atoms with E-state index < -0.39 is 0 Å². The van der Waals surface area contributed by atoms with Crippen LogP contribution in [0.15, 0.2) is 28.8 Å². The molecule has 2 aliphatic heterocycles. The third-order valence-electron chi connectivity index (χ3n) is 5.28. The monoisotopic (exact) mass is 385 g/mol. The largest absolute Gasteiger partial charge is 0.378 e. The van der Waals surface area contributed by atoms with Crippen LogP contribution in [0.1, 0.15) is 17.9 Å². The lowest BCUT2D eigenvalue weighted by Crippen LogP contribution is -2.51. The highest BCUT2D eigenvalue weighted by molar-refractivity contribution is 5.77. The molecule has 1 atom stereocenters. The van der Waals surface area contributed by atoms with Crippen molar-refractivity contribution < 1.29 is 14.1 Å². The first-order valence-electron chi connectivity index (χ1n) is 9.88. The minimum Gasteiger partial charge on any atom is -0.378 e. The van der Waals surface area contributed by atoms with Gasteiger partial charge in [-0.05, 0) is 6.92 Å². The summed E-state index contributed by atoms with van der Waals surface area (Å²) in [5.41, 5.74) is 2.16. The Kier molecular flexibility index (Phi) is 5.99. The number of nitrogens with zero attached hydrogens (tertiary/aromatic N) is 4. The number of benzene rings is 1. The first kappa shape index (κ1) is 19.0. The maximum absolute atomic E-state index is 12.5. The van der Waals surface area contributed by atoms with Crippen LogP contribution in [-0.4, -0.2) is 77.8 Å². The van der Waals surface area contributed by atoms with Gasteiger partial charge in [0.15, 0.2) is 0 Å². The van der Waals surface area contributed by atoms with Crippen LogP contribution in [0.5, 0.6) is 0 Å². The second-order valence-corrected chi connectivity index (χ2v) is 7.46. The third-order valence-corrected chi connectivity index (χ3v) is 5.28. The quantitative estimate of drug-likeness (QED) is 0.824. The summed E-state index contributed by atoms with van der Waals surface area (Å²) in [7, 11) is 0. The average Bonchev–Trinajstić information content (AvgIpc) is 3.18. The van der Waals surface area contributed by atoms with Crippen molar-refractivity contribution in [1.82, 2.24) is 25.3 Å². The molecule has 2 saturated heterocycles. The number of carbonyl (C=O) groups is 1. The number of piperazine rings is 1. The van der Waals surface area contributed by atoms with E-state index in [9.17, 15) is 4.79 Å². The Hall–Kier alpha value is -2.29. The molecule has 4 rings (SSSR count). The van der Waals surface area contributed by atoms with Crippen LogP contribution in [0.3, 0.4) is 0 Å². The lowest BCUT2D eigenvalue weighted by Gasteiger charge is -2.35. The zero-order valence-corrected chi connectivity index (χ0v) is 16.3. The molecule has 0 bridgehead atoms. The fraction of sp³-hybridized carbons (Fsp3) is 0.550. The van der Waals surface area contributed by atoms with Crippen molar-refractivity contribution >= 4 is 5.91 Å². The van der Waals surface area contributed by atoms with E-state index in [2.05, 4.69) is 27.3 Å². The number of nitrogens with one attached hydrogen (secondary N) is 1. The third kappa shape index (κ3) is 4.76. The van der Waals surface area contributed by atoms with Crippen molar-refractivity contribution in [1.29, 1.82) is 0 Å². The maximum atomic E-state index is 12.5. The van der Waals surface area contributed by atoms with Gasteiger partial charge in [0, 0.05) is 50.7 Å². The van der Waals surface area contributed by atoms with Gasteiger partial charge in [-0.3, -0.25) is 9.69 Å². The summed E-state index contributed by atoms with van der Waals surface area (Å²) in [6.07, 6.45) is 0.504. The van der Waals surface area contributed by atoms with Crippen molar-refractivity contribution in [2.45, 2.75) is 25.9 Å². The molecule has 1 aromatic carbocycles. The fourth-order valence-electron chi connectivity index (χ4n) is 3.58. The van der Waals surface area contributed by atoms with Gasteiger partial charge in [0.1, 0.15) is 0 Å². The summed E-state index contributed by atoms with van der Waals surface area (Å²) in [4.78, 5) is 21.2. The van der Waals surface area contributed by atoms with E-state index in [4.69, 9.17) is 9.26 Å². The van der Waals surface area contributed by atoms with Crippen LogP contribution >= 0.6 is 0 Å². The molecule has 0 saturated carbocycles. The van der Waals surface area contributed by atoms with Gasteiger partial charge in [-0.15, -0.1) is 0 Å². The van der Waals surface area contributed by atoms with Gasteiger partial charge in [0.25, 0.3) is 0 Å². The topological polar surface area (TPSA) is 83.7 Å². The van der Waals surface area contributed by atoms with Crippen LogP contribution in [0, 0.1) is 6.92 Å². The normalized spacial score (nSPS) is 21.0. The number of hydrogen-bond donors (Lipinski definition) is 1. The van der Waals surface area contributed by atoms with E-state index in [-0.39, 0.29) is 11.9 Å². The van der Waals surface area contributed by atoms with Crippen LogP contribution < -0.4 is 5.32 Å². The molecule has 2 aromatic rings. The van der Waals surface area contributed by atoms with Crippen LogP contribution in [0.2, 0.25) is 0 Å². The molecular formula is C20H27N5O3. The first-order valence-corrected chi connectivity index (χ1v) is 9.88. The standard InChI is InChI=1S/C20H27N5O3/c1-15-2-4-16(5-3-15)20-22-18(28-23-20)13-24-7-9-25(10-8-24)19(26)12-17-14-27-11-6-21-17/h2-5,17,21H,6-14H2,1H3. The molecule has 8 nitrogen and oxygen atoms in total. The first-order chi connectivity index (χ1) is 13.7. The molecule has 1 unspecified atom stereocenters. The lowest BCUT2D eigenvalue weighted by atomic mass is 10.1. The Balaban J connectivity index is 1.25. The van der Waals surface area contributed by atoms with E-state index in [0.717, 1.165) is 44.9 Å². The number of aromatic nitrogens is 2. The van der Waals surface area contributed by atoms with Gasteiger partial charge in [-0.2, -0.15) is 4.98 Å². The zero-order valence-electron chi connectivity index (χ0n) is 16.3. The average molecular weight is 385 g/mol. The molecule has 0 radical (unpaired) electrons. The van der Waals surface area contributed by atoms with E-state index >= 15 is 0 Å². The maximum Gasteiger partial charge on any atom is 0.241 e. The van der Waals surface area contributed by atoms with E-state index in [1.807, 2.05) is 29.2 Å². The van der Waals surface area contributed by atoms with Gasteiger partial charge in [0.05, 0.1) is 19.8 Å². The zero-order chi connectivity index (χ0) is 19.3. The van der Waals surface area contributed by atoms with Gasteiger partial charge in [-0.25, -0.2) is 0 Å². The highest BCUT2D eigenvalue weighted by atomic mass is 16.5. The lowest BCUT2D eigenvalue weighted by molar-refractivity contribution is -0.134. The second kappa shape index (κ2) is 8.81. The van der Waals surface area contributed by atoms with E-state index in [1.165, 1.54) is 5.56 Å². The Morgan fingerprint density at radius 2 is 2.00 bits per heavy atom. The van der Waals surface area contributed by atoms with Crippen molar-refractivity contribution in [3.63, 3.8) is 0 Å². The second-order valence-electron chi connectivity index (χ2n) is 7.46. The van der Waals surface area contributed by atoms with E-state index in [0.29, 0.717) is 31.3 Å². The molecule has 1 N–H and O–H groups in total. The molecule has 8 heteroatoms. The molecule has 2 aliphatic rings. The van der Waals surface area contributed by atoms with Gasteiger partial charge >= 0.3 is 0 Å². The Labute approximate surface area is 164 Å². The molecule has 1 amide bonds. The van der Waals surface area contributed by atoms with Crippen molar-refractivity contribution in [2.24, 2.45) is 0 Å². The van der Waals surface area contributed by atoms with Gasteiger partial charge in [0.2, 0.25) is 17.6 Å². The summed E-state index contributed by atoms with van der Waals surface area (Å²) in [6, 6.07) is 8.21. The Morgan fingerprint density at radius 3 is 2.71 bits per heavy atom. The molecular weight excluding hydrogens is 358 g/mol. The van der Waals surface area contributed by atoms with Gasteiger partial charge < -0.3 is 19.5 Å². The molecule has 28 heavy (non-hydrogen) atoms. The smallest absolute Gasteiger partial charge is 0.241 e.